The number of aryl methyl sites for hydroxylation is 1. The van der Waals surface area contributed by atoms with Crippen LogP contribution in [0.25, 0.3) is 0 Å². The minimum absolute atomic E-state index is 0.0206. The van der Waals surface area contributed by atoms with Gasteiger partial charge in [0.1, 0.15) is 6.04 Å². The number of hydrogen-bond donors (Lipinski definition) is 0. The molecule has 3 heteroatoms. The summed E-state index contributed by atoms with van der Waals surface area (Å²) in [5, 5.41) is 8.94. The molecule has 0 spiro atoms. The average Bonchev–Trinajstić information content (AvgIpc) is 2.76. The number of nitrogens with zero attached hydrogens (tertiary/aromatic N) is 2. The van der Waals surface area contributed by atoms with Gasteiger partial charge in [-0.3, -0.25) is 4.79 Å². The van der Waals surface area contributed by atoms with Gasteiger partial charge in [0.05, 0.1) is 6.07 Å². The molecule has 1 saturated heterocycles. The Morgan fingerprint density at radius 3 is 3.06 bits per heavy atom. The van der Waals surface area contributed by atoms with Crippen LogP contribution in [0.3, 0.4) is 0 Å². The van der Waals surface area contributed by atoms with Crippen molar-refractivity contribution in [1.82, 2.24) is 4.90 Å². The zero-order chi connectivity index (χ0) is 11.5. The molecule has 0 aliphatic carbocycles. The van der Waals surface area contributed by atoms with Crippen molar-refractivity contribution in [3.8, 4) is 6.07 Å². The standard InChI is InChI=1S/C13H14N2O/c1-10-4-2-5-11(8-10)13(16)15-7-3-6-12(15)9-14/h2,4-5,8,12H,3,6-7H2,1H3. The second-order valence-corrected chi connectivity index (χ2v) is 4.16. The van der Waals surface area contributed by atoms with Crippen molar-refractivity contribution in [1.29, 1.82) is 5.26 Å². The van der Waals surface area contributed by atoms with Crippen LogP contribution in [0.1, 0.15) is 28.8 Å². The van der Waals surface area contributed by atoms with E-state index in [0.29, 0.717) is 12.1 Å². The van der Waals surface area contributed by atoms with Crippen LogP contribution in [0, 0.1) is 18.3 Å². The number of carbonyl (C=O) groups excluding carboxylic acids is 1. The normalized spacial score (nSPS) is 19.5. The summed E-state index contributed by atoms with van der Waals surface area (Å²) in [6, 6.07) is 9.46. The van der Waals surface area contributed by atoms with Gasteiger partial charge in [-0.1, -0.05) is 17.7 Å². The summed E-state index contributed by atoms with van der Waals surface area (Å²) >= 11 is 0. The Kier molecular flexibility index (Phi) is 2.91. The van der Waals surface area contributed by atoms with Gasteiger partial charge in [-0.15, -0.1) is 0 Å². The van der Waals surface area contributed by atoms with Crippen molar-refractivity contribution in [2.45, 2.75) is 25.8 Å². The number of nitriles is 1. The molecule has 1 aromatic carbocycles. The Morgan fingerprint density at radius 2 is 2.38 bits per heavy atom. The third kappa shape index (κ3) is 1.92. The molecule has 1 aliphatic heterocycles. The molecular weight excluding hydrogens is 200 g/mol. The van der Waals surface area contributed by atoms with Gasteiger partial charge in [-0.25, -0.2) is 0 Å². The highest BCUT2D eigenvalue weighted by molar-refractivity contribution is 5.95. The molecule has 1 heterocycles. The molecule has 0 aromatic heterocycles. The van der Waals surface area contributed by atoms with Crippen LogP contribution in [-0.4, -0.2) is 23.4 Å². The lowest BCUT2D eigenvalue weighted by Crippen LogP contribution is -2.34. The fraction of sp³-hybridized carbons (Fsp3) is 0.385. The van der Waals surface area contributed by atoms with Gasteiger partial charge in [-0.05, 0) is 31.9 Å². The molecule has 0 N–H and O–H groups in total. The minimum atomic E-state index is -0.243. The van der Waals surface area contributed by atoms with Crippen molar-refractivity contribution >= 4 is 5.91 Å². The number of hydrogen-bond acceptors (Lipinski definition) is 2. The lowest BCUT2D eigenvalue weighted by Gasteiger charge is -2.19. The number of benzene rings is 1. The summed E-state index contributed by atoms with van der Waals surface area (Å²) < 4.78 is 0. The fourth-order valence-corrected chi connectivity index (χ4v) is 2.09. The van der Waals surface area contributed by atoms with Crippen LogP contribution in [0.4, 0.5) is 0 Å². The maximum Gasteiger partial charge on any atom is 0.254 e. The van der Waals surface area contributed by atoms with Crippen LogP contribution in [0.2, 0.25) is 0 Å². The van der Waals surface area contributed by atoms with Crippen molar-refractivity contribution in [3.63, 3.8) is 0 Å². The first-order valence-electron chi connectivity index (χ1n) is 5.49. The number of amides is 1. The molecule has 1 amide bonds. The highest BCUT2D eigenvalue weighted by Crippen LogP contribution is 2.19. The summed E-state index contributed by atoms with van der Waals surface area (Å²) in [5.74, 6) is -0.0206. The Labute approximate surface area is 95.3 Å². The highest BCUT2D eigenvalue weighted by Gasteiger charge is 2.28. The third-order valence-electron chi connectivity index (χ3n) is 2.93. The van der Waals surface area contributed by atoms with Gasteiger partial charge >= 0.3 is 0 Å². The molecule has 1 aromatic rings. The minimum Gasteiger partial charge on any atom is -0.323 e. The lowest BCUT2D eigenvalue weighted by atomic mass is 10.1. The molecule has 0 bridgehead atoms. The number of likely N-dealkylation sites (tertiary alicyclic amines) is 1. The second kappa shape index (κ2) is 4.36. The average molecular weight is 214 g/mol. The molecular formula is C13H14N2O. The number of rotatable bonds is 1. The van der Waals surface area contributed by atoms with Gasteiger partial charge in [0, 0.05) is 12.1 Å². The maximum absolute atomic E-state index is 12.1. The Morgan fingerprint density at radius 1 is 1.56 bits per heavy atom. The van der Waals surface area contributed by atoms with E-state index in [1.165, 1.54) is 0 Å². The topological polar surface area (TPSA) is 44.1 Å². The molecule has 3 nitrogen and oxygen atoms in total. The van der Waals surface area contributed by atoms with E-state index in [2.05, 4.69) is 6.07 Å². The van der Waals surface area contributed by atoms with Crippen LogP contribution < -0.4 is 0 Å². The Balaban J connectivity index is 2.23. The fourth-order valence-electron chi connectivity index (χ4n) is 2.09. The summed E-state index contributed by atoms with van der Waals surface area (Å²) in [4.78, 5) is 13.8. The van der Waals surface area contributed by atoms with Gasteiger partial charge in [0.2, 0.25) is 0 Å². The van der Waals surface area contributed by atoms with Crippen LogP contribution in [0.15, 0.2) is 24.3 Å². The summed E-state index contributed by atoms with van der Waals surface area (Å²) in [7, 11) is 0. The van der Waals surface area contributed by atoms with Crippen molar-refractivity contribution in [2.75, 3.05) is 6.54 Å². The van der Waals surface area contributed by atoms with Gasteiger partial charge < -0.3 is 4.90 Å². The Hall–Kier alpha value is -1.82. The van der Waals surface area contributed by atoms with E-state index in [1.54, 1.807) is 4.90 Å². The molecule has 0 radical (unpaired) electrons. The first kappa shape index (κ1) is 10.7. The molecule has 1 aliphatic rings. The molecule has 2 rings (SSSR count). The first-order valence-corrected chi connectivity index (χ1v) is 5.49. The predicted octanol–water partition coefficient (Wildman–Crippen LogP) is 2.12. The third-order valence-corrected chi connectivity index (χ3v) is 2.93. The van der Waals surface area contributed by atoms with E-state index in [0.717, 1.165) is 18.4 Å². The van der Waals surface area contributed by atoms with E-state index < -0.39 is 0 Å². The quantitative estimate of drug-likeness (QED) is 0.718. The highest BCUT2D eigenvalue weighted by atomic mass is 16.2. The molecule has 16 heavy (non-hydrogen) atoms. The van der Waals surface area contributed by atoms with Gasteiger partial charge in [0.15, 0.2) is 0 Å². The van der Waals surface area contributed by atoms with Crippen molar-refractivity contribution in [3.05, 3.63) is 35.4 Å². The monoisotopic (exact) mass is 214 g/mol. The predicted molar refractivity (Wildman–Crippen MR) is 60.9 cm³/mol. The van der Waals surface area contributed by atoms with E-state index in [9.17, 15) is 4.79 Å². The Bertz CT molecular complexity index is 447. The van der Waals surface area contributed by atoms with E-state index in [1.807, 2.05) is 31.2 Å². The summed E-state index contributed by atoms with van der Waals surface area (Å²) in [5.41, 5.74) is 1.75. The van der Waals surface area contributed by atoms with Crippen molar-refractivity contribution < 1.29 is 4.79 Å². The zero-order valence-electron chi connectivity index (χ0n) is 9.31. The smallest absolute Gasteiger partial charge is 0.254 e. The van der Waals surface area contributed by atoms with Crippen molar-refractivity contribution in [2.24, 2.45) is 0 Å². The van der Waals surface area contributed by atoms with E-state index in [-0.39, 0.29) is 11.9 Å². The van der Waals surface area contributed by atoms with Gasteiger partial charge in [-0.2, -0.15) is 5.26 Å². The largest absolute Gasteiger partial charge is 0.323 e. The molecule has 82 valence electrons. The molecule has 1 atom stereocenters. The van der Waals surface area contributed by atoms with Crippen LogP contribution in [0.5, 0.6) is 0 Å². The maximum atomic E-state index is 12.1. The molecule has 1 unspecified atom stereocenters. The van der Waals surface area contributed by atoms with E-state index in [4.69, 9.17) is 5.26 Å². The van der Waals surface area contributed by atoms with Crippen LogP contribution in [-0.2, 0) is 0 Å². The van der Waals surface area contributed by atoms with Gasteiger partial charge in [0.25, 0.3) is 5.91 Å². The lowest BCUT2D eigenvalue weighted by molar-refractivity contribution is 0.0765. The number of carbonyl (C=O) groups is 1. The van der Waals surface area contributed by atoms with Crippen LogP contribution >= 0.6 is 0 Å². The summed E-state index contributed by atoms with van der Waals surface area (Å²) in [6.07, 6.45) is 1.73. The second-order valence-electron chi connectivity index (χ2n) is 4.16. The molecule has 1 fully saturated rings. The SMILES string of the molecule is Cc1cccc(C(=O)N2CCCC2C#N)c1. The summed E-state index contributed by atoms with van der Waals surface area (Å²) in [6.45, 7) is 2.66. The molecule has 0 saturated carbocycles. The van der Waals surface area contributed by atoms with E-state index >= 15 is 0 Å². The zero-order valence-corrected chi connectivity index (χ0v) is 9.31. The first-order chi connectivity index (χ1) is 7.72.